The van der Waals surface area contributed by atoms with Crippen molar-refractivity contribution >= 4 is 56.8 Å². The van der Waals surface area contributed by atoms with Crippen LogP contribution in [0.1, 0.15) is 11.1 Å². The number of benzene rings is 3. The Morgan fingerprint density at radius 3 is 2.52 bits per heavy atom. The van der Waals surface area contributed by atoms with Crippen molar-refractivity contribution in [2.24, 2.45) is 0 Å². The van der Waals surface area contributed by atoms with Crippen LogP contribution in [0.3, 0.4) is 0 Å². The van der Waals surface area contributed by atoms with Crippen LogP contribution in [0.5, 0.6) is 17.2 Å². The van der Waals surface area contributed by atoms with Crippen molar-refractivity contribution in [1.82, 2.24) is 0 Å². The molecule has 2 N–H and O–H groups in total. The minimum Gasteiger partial charge on any atom is -0.508 e. The van der Waals surface area contributed by atoms with Crippen LogP contribution < -0.4 is 14.8 Å². The van der Waals surface area contributed by atoms with Gasteiger partial charge >= 0.3 is 0 Å². The first kappa shape index (κ1) is 24.5. The van der Waals surface area contributed by atoms with Crippen molar-refractivity contribution in [2.75, 3.05) is 12.4 Å². The summed E-state index contributed by atoms with van der Waals surface area (Å²) in [6.45, 7) is 0.222. The average molecular weight is 548 g/mol. The van der Waals surface area contributed by atoms with Gasteiger partial charge in [0.25, 0.3) is 5.91 Å². The third-order valence-electron chi connectivity index (χ3n) is 4.42. The van der Waals surface area contributed by atoms with E-state index < -0.39 is 5.91 Å². The number of nitriles is 1. The number of methoxy groups -OCH3 is 1. The molecule has 0 aromatic heterocycles. The van der Waals surface area contributed by atoms with Gasteiger partial charge in [0.05, 0.1) is 21.6 Å². The van der Waals surface area contributed by atoms with E-state index >= 15 is 0 Å². The fourth-order valence-electron chi connectivity index (χ4n) is 2.81. The molecule has 0 unspecified atom stereocenters. The zero-order chi connectivity index (χ0) is 24.0. The number of carbonyl (C=O) groups excluding carboxylic acids is 1. The quantitative estimate of drug-likeness (QED) is 0.198. The fourth-order valence-corrected chi connectivity index (χ4v) is 3.70. The molecule has 33 heavy (non-hydrogen) atoms. The van der Waals surface area contributed by atoms with Crippen LogP contribution in [0.4, 0.5) is 5.69 Å². The molecule has 0 saturated heterocycles. The van der Waals surface area contributed by atoms with Gasteiger partial charge in [0, 0.05) is 5.69 Å². The Hall–Kier alpha value is -3.18. The van der Waals surface area contributed by atoms with Gasteiger partial charge in [0.15, 0.2) is 11.5 Å². The first-order chi connectivity index (χ1) is 15.8. The predicted molar refractivity (Wildman–Crippen MR) is 132 cm³/mol. The number of rotatable bonds is 7. The molecule has 168 valence electrons. The summed E-state index contributed by atoms with van der Waals surface area (Å²) in [5, 5.41) is 22.3. The van der Waals surface area contributed by atoms with Gasteiger partial charge in [0.2, 0.25) is 0 Å². The second-order valence-corrected chi connectivity index (χ2v) is 8.41. The lowest BCUT2D eigenvalue weighted by atomic mass is 10.1. The van der Waals surface area contributed by atoms with Gasteiger partial charge in [-0.1, -0.05) is 29.3 Å². The maximum atomic E-state index is 12.5. The topological polar surface area (TPSA) is 91.6 Å². The van der Waals surface area contributed by atoms with Gasteiger partial charge in [-0.15, -0.1) is 0 Å². The third kappa shape index (κ3) is 6.42. The van der Waals surface area contributed by atoms with Crippen LogP contribution in [-0.4, -0.2) is 18.1 Å². The SMILES string of the molecule is COc1cc(/C=C(\C#N)C(=O)Nc2ccc(O)cc2)cc(Br)c1OCc1ccc(Cl)c(Cl)c1. The summed E-state index contributed by atoms with van der Waals surface area (Å²) in [5.41, 5.74) is 1.71. The first-order valence-corrected chi connectivity index (χ1v) is 11.0. The molecule has 0 fully saturated rings. The Labute approximate surface area is 209 Å². The smallest absolute Gasteiger partial charge is 0.266 e. The minimum atomic E-state index is -0.585. The molecule has 1 amide bonds. The van der Waals surface area contributed by atoms with Crippen LogP contribution in [0.15, 0.2) is 64.6 Å². The molecule has 0 heterocycles. The number of amides is 1. The van der Waals surface area contributed by atoms with Crippen LogP contribution in [0.25, 0.3) is 6.08 Å². The second kappa shape index (κ2) is 11.1. The highest BCUT2D eigenvalue weighted by Crippen LogP contribution is 2.38. The normalized spacial score (nSPS) is 10.9. The number of ether oxygens (including phenoxy) is 2. The highest BCUT2D eigenvalue weighted by atomic mass is 79.9. The predicted octanol–water partition coefficient (Wildman–Crippen LogP) is 6.59. The van der Waals surface area contributed by atoms with Gasteiger partial charge in [0.1, 0.15) is 24.0 Å². The van der Waals surface area contributed by atoms with Gasteiger partial charge in [-0.2, -0.15) is 5.26 Å². The Morgan fingerprint density at radius 2 is 1.88 bits per heavy atom. The number of hydrogen-bond acceptors (Lipinski definition) is 5. The van der Waals surface area contributed by atoms with E-state index in [1.165, 1.54) is 37.5 Å². The van der Waals surface area contributed by atoms with Crippen LogP contribution in [-0.2, 0) is 11.4 Å². The maximum absolute atomic E-state index is 12.5. The van der Waals surface area contributed by atoms with E-state index in [1.54, 1.807) is 30.3 Å². The number of halogens is 3. The van der Waals surface area contributed by atoms with Crippen LogP contribution >= 0.6 is 39.1 Å². The number of carbonyl (C=O) groups is 1. The largest absolute Gasteiger partial charge is 0.508 e. The zero-order valence-electron chi connectivity index (χ0n) is 17.2. The van der Waals surface area contributed by atoms with E-state index in [4.69, 9.17) is 32.7 Å². The number of nitrogens with one attached hydrogen (secondary N) is 1. The molecule has 0 spiro atoms. The number of aromatic hydroxyl groups is 1. The molecule has 3 rings (SSSR count). The second-order valence-electron chi connectivity index (χ2n) is 6.74. The van der Waals surface area contributed by atoms with Crippen molar-refractivity contribution in [3.05, 3.63) is 85.8 Å². The van der Waals surface area contributed by atoms with Crippen molar-refractivity contribution in [1.29, 1.82) is 5.26 Å². The van der Waals surface area contributed by atoms with Crippen molar-refractivity contribution in [3.63, 3.8) is 0 Å². The number of phenols is 1. The Kier molecular flexibility index (Phi) is 8.23. The molecule has 6 nitrogen and oxygen atoms in total. The van der Waals surface area contributed by atoms with Crippen molar-refractivity contribution in [3.8, 4) is 23.3 Å². The van der Waals surface area contributed by atoms with E-state index in [0.717, 1.165) is 5.56 Å². The molecule has 0 atom stereocenters. The lowest BCUT2D eigenvalue weighted by molar-refractivity contribution is -0.112. The Morgan fingerprint density at radius 1 is 1.15 bits per heavy atom. The lowest BCUT2D eigenvalue weighted by Gasteiger charge is -2.14. The summed E-state index contributed by atoms with van der Waals surface area (Å²) < 4.78 is 11.9. The summed E-state index contributed by atoms with van der Waals surface area (Å²) in [5.74, 6) is 0.348. The molecule has 0 aliphatic heterocycles. The van der Waals surface area contributed by atoms with Gasteiger partial charge < -0.3 is 19.9 Å². The first-order valence-electron chi connectivity index (χ1n) is 9.47. The molecule has 0 bridgehead atoms. The van der Waals surface area contributed by atoms with Gasteiger partial charge in [-0.3, -0.25) is 4.79 Å². The molecule has 0 aliphatic carbocycles. The fraction of sp³-hybridized carbons (Fsp3) is 0.0833. The van der Waals surface area contributed by atoms with Gasteiger partial charge in [-0.05, 0) is 81.7 Å². The van der Waals surface area contributed by atoms with E-state index in [0.29, 0.717) is 37.3 Å². The highest BCUT2D eigenvalue weighted by Gasteiger charge is 2.15. The Balaban J connectivity index is 1.81. The number of phenolic OH excluding ortho intramolecular Hbond substituents is 1. The summed E-state index contributed by atoms with van der Waals surface area (Å²) in [6, 6.07) is 16.4. The maximum Gasteiger partial charge on any atom is 0.266 e. The molecule has 0 aliphatic rings. The van der Waals surface area contributed by atoms with E-state index in [1.807, 2.05) is 6.07 Å². The van der Waals surface area contributed by atoms with Crippen molar-refractivity contribution < 1.29 is 19.4 Å². The van der Waals surface area contributed by atoms with E-state index in [9.17, 15) is 15.2 Å². The molecular formula is C24H17BrCl2N2O4. The number of anilines is 1. The third-order valence-corrected chi connectivity index (χ3v) is 5.75. The van der Waals surface area contributed by atoms with Crippen LogP contribution in [0, 0.1) is 11.3 Å². The van der Waals surface area contributed by atoms with E-state index in [-0.39, 0.29) is 17.9 Å². The van der Waals surface area contributed by atoms with Gasteiger partial charge in [-0.25, -0.2) is 0 Å². The zero-order valence-corrected chi connectivity index (χ0v) is 20.3. The molecule has 3 aromatic rings. The highest BCUT2D eigenvalue weighted by molar-refractivity contribution is 9.10. The summed E-state index contributed by atoms with van der Waals surface area (Å²) in [4.78, 5) is 12.5. The molecule has 3 aromatic carbocycles. The number of hydrogen-bond donors (Lipinski definition) is 2. The summed E-state index contributed by atoms with van der Waals surface area (Å²) in [6.07, 6.45) is 1.44. The summed E-state index contributed by atoms with van der Waals surface area (Å²) >= 11 is 15.5. The average Bonchev–Trinajstić information content (AvgIpc) is 2.80. The summed E-state index contributed by atoms with van der Waals surface area (Å²) in [7, 11) is 1.49. The molecular weight excluding hydrogens is 531 g/mol. The standard InChI is InChI=1S/C24H17BrCl2N2O4/c1-32-22-11-15(8-16(12-28)24(31)29-17-3-5-18(30)6-4-17)9-19(25)23(22)33-13-14-2-7-20(26)21(27)10-14/h2-11,30H,13H2,1H3,(H,29,31)/b16-8+. The Bertz CT molecular complexity index is 1250. The van der Waals surface area contributed by atoms with Crippen molar-refractivity contribution in [2.45, 2.75) is 6.61 Å². The van der Waals surface area contributed by atoms with Crippen LogP contribution in [0.2, 0.25) is 10.0 Å². The monoisotopic (exact) mass is 546 g/mol. The number of nitrogens with zero attached hydrogens (tertiary/aromatic N) is 1. The minimum absolute atomic E-state index is 0.0717. The molecule has 9 heteroatoms. The molecule has 0 radical (unpaired) electrons. The van der Waals surface area contributed by atoms with E-state index in [2.05, 4.69) is 21.2 Å². The lowest BCUT2D eigenvalue weighted by Crippen LogP contribution is -2.13. The molecule has 0 saturated carbocycles.